The van der Waals surface area contributed by atoms with Crippen molar-refractivity contribution in [2.45, 2.75) is 71.6 Å². The molecule has 0 atom stereocenters. The highest BCUT2D eigenvalue weighted by atomic mass is 15.1. The Hall–Kier alpha value is -0.730. The van der Waals surface area contributed by atoms with Gasteiger partial charge in [0.1, 0.15) is 0 Å². The van der Waals surface area contributed by atoms with Crippen LogP contribution in [0, 0.1) is 0 Å². The van der Waals surface area contributed by atoms with Crippen LogP contribution in [0.25, 0.3) is 0 Å². The number of nitrogens with two attached hydrogens (primary N) is 1. The highest BCUT2D eigenvalue weighted by molar-refractivity contribution is 5.77. The number of guanidine groups is 1. The fourth-order valence-electron chi connectivity index (χ4n) is 1.76. The average Bonchev–Trinajstić information content (AvgIpc) is 2.34. The van der Waals surface area contributed by atoms with E-state index >= 15 is 0 Å². The number of aliphatic imine (C=N–C) groups is 1. The normalized spacial score (nSPS) is 11.8. The maximum atomic E-state index is 5.69. The zero-order valence-electron chi connectivity index (χ0n) is 11.8. The Balaban J connectivity index is 3.12. The molecule has 0 aliphatic carbocycles. The highest BCUT2D eigenvalue weighted by Gasteiger charge is 1.93. The standard InChI is InChI=1S/C14H31N3/c1-3-5-6-7-8-9-10-11-13-17-14(15)16-12-4-2/h3-13H2,1-2H3,(H3,15,16,17). The molecular formula is C14H31N3. The van der Waals surface area contributed by atoms with Crippen molar-refractivity contribution in [2.75, 3.05) is 13.1 Å². The second kappa shape index (κ2) is 13.3. The van der Waals surface area contributed by atoms with Gasteiger partial charge >= 0.3 is 0 Å². The largest absolute Gasteiger partial charge is 0.370 e. The molecule has 17 heavy (non-hydrogen) atoms. The van der Waals surface area contributed by atoms with Crippen LogP contribution in [0.4, 0.5) is 0 Å². The van der Waals surface area contributed by atoms with Crippen molar-refractivity contribution >= 4 is 5.96 Å². The predicted octanol–water partition coefficient (Wildman–Crippen LogP) is 3.44. The third-order valence-electron chi connectivity index (χ3n) is 2.84. The van der Waals surface area contributed by atoms with E-state index in [1.54, 1.807) is 0 Å². The quantitative estimate of drug-likeness (QED) is 0.331. The molecule has 0 saturated heterocycles. The van der Waals surface area contributed by atoms with Crippen LogP contribution in [0.1, 0.15) is 71.6 Å². The van der Waals surface area contributed by atoms with E-state index < -0.39 is 0 Å². The molecule has 0 unspecified atom stereocenters. The smallest absolute Gasteiger partial charge is 0.188 e. The van der Waals surface area contributed by atoms with Gasteiger partial charge in [-0.1, -0.05) is 58.8 Å². The first kappa shape index (κ1) is 16.3. The molecule has 102 valence electrons. The van der Waals surface area contributed by atoms with Gasteiger partial charge in [-0.2, -0.15) is 0 Å². The number of rotatable bonds is 11. The summed E-state index contributed by atoms with van der Waals surface area (Å²) in [6, 6.07) is 0. The lowest BCUT2D eigenvalue weighted by atomic mass is 10.1. The lowest BCUT2D eigenvalue weighted by molar-refractivity contribution is 0.572. The summed E-state index contributed by atoms with van der Waals surface area (Å²) in [5.74, 6) is 0.606. The number of nitrogens with one attached hydrogen (secondary N) is 1. The second-order valence-electron chi connectivity index (χ2n) is 4.67. The molecule has 3 nitrogen and oxygen atoms in total. The van der Waals surface area contributed by atoms with Crippen molar-refractivity contribution in [3.05, 3.63) is 0 Å². The van der Waals surface area contributed by atoms with Crippen LogP contribution < -0.4 is 11.1 Å². The maximum Gasteiger partial charge on any atom is 0.188 e. The Morgan fingerprint density at radius 1 is 0.882 bits per heavy atom. The summed E-state index contributed by atoms with van der Waals surface area (Å²) in [6.07, 6.45) is 11.9. The van der Waals surface area contributed by atoms with Gasteiger partial charge in [0, 0.05) is 13.1 Å². The van der Waals surface area contributed by atoms with Gasteiger partial charge in [0.25, 0.3) is 0 Å². The Bertz CT molecular complexity index is 178. The predicted molar refractivity (Wildman–Crippen MR) is 77.4 cm³/mol. The third-order valence-corrected chi connectivity index (χ3v) is 2.84. The molecule has 0 bridgehead atoms. The van der Waals surface area contributed by atoms with Gasteiger partial charge in [0.15, 0.2) is 5.96 Å². The van der Waals surface area contributed by atoms with Gasteiger partial charge in [-0.15, -0.1) is 0 Å². The SMILES string of the molecule is CCCCCCCCCCNC(N)=NCCC. The summed E-state index contributed by atoms with van der Waals surface area (Å²) < 4.78 is 0. The minimum absolute atomic E-state index is 0.606. The summed E-state index contributed by atoms with van der Waals surface area (Å²) in [6.45, 7) is 6.16. The Labute approximate surface area is 107 Å². The van der Waals surface area contributed by atoms with Crippen LogP contribution in [-0.4, -0.2) is 19.0 Å². The second-order valence-corrected chi connectivity index (χ2v) is 4.67. The van der Waals surface area contributed by atoms with E-state index in [2.05, 4.69) is 24.2 Å². The monoisotopic (exact) mass is 241 g/mol. The van der Waals surface area contributed by atoms with Gasteiger partial charge in [0.05, 0.1) is 0 Å². The lowest BCUT2D eigenvalue weighted by Crippen LogP contribution is -2.32. The van der Waals surface area contributed by atoms with Crippen molar-refractivity contribution in [1.29, 1.82) is 0 Å². The van der Waals surface area contributed by atoms with E-state index in [1.165, 1.54) is 51.4 Å². The van der Waals surface area contributed by atoms with Crippen molar-refractivity contribution in [3.8, 4) is 0 Å². The third kappa shape index (κ3) is 13.2. The summed E-state index contributed by atoms with van der Waals surface area (Å²) in [7, 11) is 0. The average molecular weight is 241 g/mol. The molecule has 0 aromatic rings. The first-order chi connectivity index (χ1) is 8.31. The minimum atomic E-state index is 0.606. The van der Waals surface area contributed by atoms with E-state index in [0.29, 0.717) is 5.96 Å². The Morgan fingerprint density at radius 2 is 1.47 bits per heavy atom. The molecule has 0 spiro atoms. The molecule has 0 rings (SSSR count). The first-order valence-corrected chi connectivity index (χ1v) is 7.35. The van der Waals surface area contributed by atoms with Gasteiger partial charge in [0.2, 0.25) is 0 Å². The molecular weight excluding hydrogens is 210 g/mol. The van der Waals surface area contributed by atoms with Crippen LogP contribution >= 0.6 is 0 Å². The van der Waals surface area contributed by atoms with Crippen LogP contribution in [0.2, 0.25) is 0 Å². The molecule has 0 saturated carbocycles. The number of unbranched alkanes of at least 4 members (excludes halogenated alkanes) is 7. The first-order valence-electron chi connectivity index (χ1n) is 7.35. The highest BCUT2D eigenvalue weighted by Crippen LogP contribution is 2.07. The summed E-state index contributed by atoms with van der Waals surface area (Å²) in [5, 5.41) is 3.16. The van der Waals surface area contributed by atoms with Crippen LogP contribution in [0.15, 0.2) is 4.99 Å². The summed E-state index contributed by atoms with van der Waals surface area (Å²) >= 11 is 0. The molecule has 0 heterocycles. The summed E-state index contributed by atoms with van der Waals surface area (Å²) in [5.41, 5.74) is 5.69. The molecule has 0 aliphatic rings. The zero-order valence-corrected chi connectivity index (χ0v) is 11.8. The molecule has 0 aromatic heterocycles. The van der Waals surface area contributed by atoms with Crippen LogP contribution in [-0.2, 0) is 0 Å². The van der Waals surface area contributed by atoms with Gasteiger partial charge in [-0.05, 0) is 12.8 Å². The maximum absolute atomic E-state index is 5.69. The van der Waals surface area contributed by atoms with Crippen molar-refractivity contribution in [2.24, 2.45) is 10.7 Å². The Kier molecular flexibility index (Phi) is 12.8. The van der Waals surface area contributed by atoms with E-state index in [0.717, 1.165) is 19.5 Å². The van der Waals surface area contributed by atoms with Gasteiger partial charge in [-0.3, -0.25) is 4.99 Å². The number of hydrogen-bond acceptors (Lipinski definition) is 1. The van der Waals surface area contributed by atoms with E-state index in [4.69, 9.17) is 5.73 Å². The molecule has 3 heteroatoms. The number of hydrogen-bond donors (Lipinski definition) is 2. The van der Waals surface area contributed by atoms with Crippen molar-refractivity contribution < 1.29 is 0 Å². The molecule has 3 N–H and O–H groups in total. The fraction of sp³-hybridized carbons (Fsp3) is 0.929. The summed E-state index contributed by atoms with van der Waals surface area (Å²) in [4.78, 5) is 4.19. The van der Waals surface area contributed by atoms with Crippen molar-refractivity contribution in [3.63, 3.8) is 0 Å². The van der Waals surface area contributed by atoms with Gasteiger partial charge in [-0.25, -0.2) is 0 Å². The fourth-order valence-corrected chi connectivity index (χ4v) is 1.76. The number of nitrogens with zero attached hydrogens (tertiary/aromatic N) is 1. The van der Waals surface area contributed by atoms with E-state index in [1.807, 2.05) is 0 Å². The molecule has 0 fully saturated rings. The van der Waals surface area contributed by atoms with Crippen LogP contribution in [0.5, 0.6) is 0 Å². The molecule has 0 aromatic carbocycles. The topological polar surface area (TPSA) is 50.4 Å². The Morgan fingerprint density at radius 3 is 2.06 bits per heavy atom. The van der Waals surface area contributed by atoms with Gasteiger partial charge < -0.3 is 11.1 Å². The van der Waals surface area contributed by atoms with E-state index in [-0.39, 0.29) is 0 Å². The molecule has 0 radical (unpaired) electrons. The lowest BCUT2D eigenvalue weighted by Gasteiger charge is -2.05. The van der Waals surface area contributed by atoms with Crippen molar-refractivity contribution in [1.82, 2.24) is 5.32 Å². The minimum Gasteiger partial charge on any atom is -0.370 e. The van der Waals surface area contributed by atoms with Crippen LogP contribution in [0.3, 0.4) is 0 Å². The molecule has 0 amide bonds. The van der Waals surface area contributed by atoms with E-state index in [9.17, 15) is 0 Å². The zero-order chi connectivity index (χ0) is 12.8. The molecule has 0 aliphatic heterocycles.